The molecule has 0 aliphatic rings. The number of carbonyl (C=O) groups excluding carboxylic acids is 3. The standard InChI is InChI=1S/C24H24N2O4/c1-16-10-17(2)12-20(11-16)26-23(28)15-30-24(29)14-25-22(27)13-19-8-5-7-18-6-3-4-9-21(18)19/h3-12H,13-15H2,1-2H3,(H,25,27)(H,26,28). The minimum absolute atomic E-state index is 0.155. The van der Waals surface area contributed by atoms with E-state index in [2.05, 4.69) is 10.6 Å². The van der Waals surface area contributed by atoms with E-state index >= 15 is 0 Å². The molecule has 2 N–H and O–H groups in total. The van der Waals surface area contributed by atoms with Crippen molar-refractivity contribution >= 4 is 34.2 Å². The lowest BCUT2D eigenvalue weighted by atomic mass is 10.0. The van der Waals surface area contributed by atoms with Gasteiger partial charge in [-0.2, -0.15) is 0 Å². The highest BCUT2D eigenvalue weighted by Gasteiger charge is 2.11. The minimum atomic E-state index is -0.670. The molecule has 3 rings (SSSR count). The molecule has 0 saturated carbocycles. The number of carbonyl (C=O) groups is 3. The highest BCUT2D eigenvalue weighted by molar-refractivity contribution is 5.94. The van der Waals surface area contributed by atoms with Gasteiger partial charge in [-0.3, -0.25) is 14.4 Å². The third kappa shape index (κ3) is 5.91. The van der Waals surface area contributed by atoms with E-state index in [9.17, 15) is 14.4 Å². The van der Waals surface area contributed by atoms with Gasteiger partial charge >= 0.3 is 5.97 Å². The van der Waals surface area contributed by atoms with Crippen LogP contribution in [0.1, 0.15) is 16.7 Å². The Morgan fingerprint density at radius 2 is 1.57 bits per heavy atom. The van der Waals surface area contributed by atoms with Gasteiger partial charge < -0.3 is 15.4 Å². The van der Waals surface area contributed by atoms with Crippen molar-refractivity contribution in [3.05, 3.63) is 77.4 Å². The van der Waals surface area contributed by atoms with Crippen LogP contribution in [-0.2, 0) is 25.5 Å². The van der Waals surface area contributed by atoms with Crippen molar-refractivity contribution in [1.29, 1.82) is 0 Å². The van der Waals surface area contributed by atoms with Crippen LogP contribution >= 0.6 is 0 Å². The zero-order valence-electron chi connectivity index (χ0n) is 17.0. The number of hydrogen-bond acceptors (Lipinski definition) is 4. The SMILES string of the molecule is Cc1cc(C)cc(NC(=O)COC(=O)CNC(=O)Cc2cccc3ccccc23)c1. The number of anilines is 1. The Kier molecular flexibility index (Phi) is 6.80. The van der Waals surface area contributed by atoms with Crippen LogP contribution < -0.4 is 10.6 Å². The van der Waals surface area contributed by atoms with Crippen LogP contribution in [-0.4, -0.2) is 30.9 Å². The number of hydrogen-bond donors (Lipinski definition) is 2. The lowest BCUT2D eigenvalue weighted by Gasteiger charge is -2.09. The van der Waals surface area contributed by atoms with Gasteiger partial charge in [-0.15, -0.1) is 0 Å². The van der Waals surface area contributed by atoms with Gasteiger partial charge in [0.05, 0.1) is 6.42 Å². The summed E-state index contributed by atoms with van der Waals surface area (Å²) in [5, 5.41) is 7.28. The molecule has 3 aromatic rings. The van der Waals surface area contributed by atoms with Crippen molar-refractivity contribution < 1.29 is 19.1 Å². The van der Waals surface area contributed by atoms with Crippen LogP contribution in [0.25, 0.3) is 10.8 Å². The average molecular weight is 404 g/mol. The number of benzene rings is 3. The topological polar surface area (TPSA) is 84.5 Å². The van der Waals surface area contributed by atoms with Crippen LogP contribution in [0.4, 0.5) is 5.69 Å². The lowest BCUT2D eigenvalue weighted by Crippen LogP contribution is -2.33. The van der Waals surface area contributed by atoms with Gasteiger partial charge in [-0.1, -0.05) is 48.5 Å². The van der Waals surface area contributed by atoms with Crippen LogP contribution in [0.5, 0.6) is 0 Å². The zero-order valence-corrected chi connectivity index (χ0v) is 17.0. The Hall–Kier alpha value is -3.67. The summed E-state index contributed by atoms with van der Waals surface area (Å²) in [6, 6.07) is 19.2. The maximum atomic E-state index is 12.2. The second kappa shape index (κ2) is 9.69. The number of ether oxygens (including phenoxy) is 1. The molecule has 0 unspecified atom stereocenters. The molecule has 0 fully saturated rings. The zero-order chi connectivity index (χ0) is 21.5. The molecule has 0 radical (unpaired) electrons. The molecule has 0 saturated heterocycles. The van der Waals surface area contributed by atoms with Gasteiger partial charge in [0.25, 0.3) is 5.91 Å². The summed E-state index contributed by atoms with van der Waals surface area (Å²) in [6.45, 7) is 3.17. The first-order valence-electron chi connectivity index (χ1n) is 9.68. The summed E-state index contributed by atoms with van der Waals surface area (Å²) in [6.07, 6.45) is 0.155. The van der Waals surface area contributed by atoms with Gasteiger partial charge in [-0.25, -0.2) is 0 Å². The van der Waals surface area contributed by atoms with E-state index in [1.54, 1.807) is 0 Å². The second-order valence-corrected chi connectivity index (χ2v) is 7.18. The predicted octanol–water partition coefficient (Wildman–Crippen LogP) is 3.30. The molecular weight excluding hydrogens is 380 g/mol. The van der Waals surface area contributed by atoms with Gasteiger partial charge in [0, 0.05) is 5.69 Å². The Labute approximate surface area is 175 Å². The predicted molar refractivity (Wildman–Crippen MR) is 116 cm³/mol. The molecule has 2 amide bonds. The maximum absolute atomic E-state index is 12.2. The molecule has 0 heterocycles. The fraction of sp³-hybridized carbons (Fsp3) is 0.208. The van der Waals surface area contributed by atoms with Gasteiger partial charge in [-0.05, 0) is 53.4 Å². The first-order valence-corrected chi connectivity index (χ1v) is 9.68. The number of nitrogens with one attached hydrogen (secondary N) is 2. The quantitative estimate of drug-likeness (QED) is 0.592. The smallest absolute Gasteiger partial charge is 0.325 e. The van der Waals surface area contributed by atoms with E-state index in [-0.39, 0.29) is 18.9 Å². The van der Waals surface area contributed by atoms with E-state index in [0.29, 0.717) is 5.69 Å². The first kappa shape index (κ1) is 21.0. The Bertz CT molecular complexity index is 1070. The summed E-state index contributed by atoms with van der Waals surface area (Å²) in [7, 11) is 0. The minimum Gasteiger partial charge on any atom is -0.454 e. The molecule has 0 spiro atoms. The molecular formula is C24H24N2O4. The molecule has 6 nitrogen and oxygen atoms in total. The van der Waals surface area contributed by atoms with Crippen LogP contribution in [0, 0.1) is 13.8 Å². The monoisotopic (exact) mass is 404 g/mol. The highest BCUT2D eigenvalue weighted by atomic mass is 16.5. The van der Waals surface area contributed by atoms with Gasteiger partial charge in [0.15, 0.2) is 6.61 Å². The number of amides is 2. The van der Waals surface area contributed by atoms with Crippen LogP contribution in [0.15, 0.2) is 60.7 Å². The van der Waals surface area contributed by atoms with E-state index in [1.165, 1.54) is 0 Å². The highest BCUT2D eigenvalue weighted by Crippen LogP contribution is 2.18. The fourth-order valence-corrected chi connectivity index (χ4v) is 3.29. The third-order valence-corrected chi connectivity index (χ3v) is 4.53. The normalized spacial score (nSPS) is 10.5. The number of fused-ring (bicyclic) bond motifs is 1. The van der Waals surface area contributed by atoms with Crippen molar-refractivity contribution in [1.82, 2.24) is 5.32 Å². The molecule has 3 aromatic carbocycles. The molecule has 6 heteroatoms. The van der Waals surface area contributed by atoms with Crippen molar-refractivity contribution in [3.8, 4) is 0 Å². The van der Waals surface area contributed by atoms with Gasteiger partial charge in [0.2, 0.25) is 5.91 Å². The van der Waals surface area contributed by atoms with Gasteiger partial charge in [0.1, 0.15) is 6.54 Å². The Balaban J connectivity index is 1.44. The lowest BCUT2D eigenvalue weighted by molar-refractivity contribution is -0.147. The van der Waals surface area contributed by atoms with Crippen LogP contribution in [0.2, 0.25) is 0 Å². The molecule has 0 bridgehead atoms. The van der Waals surface area contributed by atoms with Crippen LogP contribution in [0.3, 0.4) is 0 Å². The summed E-state index contributed by atoms with van der Waals surface area (Å²) >= 11 is 0. The van der Waals surface area contributed by atoms with E-state index < -0.39 is 18.5 Å². The van der Waals surface area contributed by atoms with E-state index in [1.807, 2.05) is 74.5 Å². The maximum Gasteiger partial charge on any atom is 0.325 e. The summed E-state index contributed by atoms with van der Waals surface area (Å²) < 4.78 is 4.94. The number of esters is 1. The molecule has 0 atom stereocenters. The summed E-state index contributed by atoms with van der Waals surface area (Å²) in [4.78, 5) is 36.0. The Morgan fingerprint density at radius 3 is 2.33 bits per heavy atom. The molecule has 30 heavy (non-hydrogen) atoms. The number of aryl methyl sites for hydroxylation is 2. The fourth-order valence-electron chi connectivity index (χ4n) is 3.29. The molecule has 0 aliphatic carbocycles. The number of rotatable bonds is 7. The van der Waals surface area contributed by atoms with Crippen molar-refractivity contribution in [3.63, 3.8) is 0 Å². The van der Waals surface area contributed by atoms with Crippen molar-refractivity contribution in [2.24, 2.45) is 0 Å². The average Bonchev–Trinajstić information content (AvgIpc) is 2.70. The summed E-state index contributed by atoms with van der Waals surface area (Å²) in [5.74, 6) is -1.39. The van der Waals surface area contributed by atoms with Crippen molar-refractivity contribution in [2.45, 2.75) is 20.3 Å². The second-order valence-electron chi connectivity index (χ2n) is 7.18. The first-order chi connectivity index (χ1) is 14.4. The largest absolute Gasteiger partial charge is 0.454 e. The Morgan fingerprint density at radius 1 is 0.867 bits per heavy atom. The van der Waals surface area contributed by atoms with E-state index in [4.69, 9.17) is 4.74 Å². The molecule has 0 aromatic heterocycles. The third-order valence-electron chi connectivity index (χ3n) is 4.53. The summed E-state index contributed by atoms with van der Waals surface area (Å²) in [5.41, 5.74) is 3.58. The van der Waals surface area contributed by atoms with Crippen molar-refractivity contribution in [2.75, 3.05) is 18.5 Å². The molecule has 0 aliphatic heterocycles. The molecule has 154 valence electrons. The van der Waals surface area contributed by atoms with E-state index in [0.717, 1.165) is 27.5 Å².